The first-order valence-corrected chi connectivity index (χ1v) is 3.55. The van der Waals surface area contributed by atoms with E-state index in [1.807, 2.05) is 13.8 Å². The number of aliphatic hydroxyl groups excluding tert-OH is 2. The van der Waals surface area contributed by atoms with Gasteiger partial charge in [0.1, 0.15) is 0 Å². The molecule has 2 heteroatoms. The van der Waals surface area contributed by atoms with Crippen LogP contribution in [0.3, 0.4) is 0 Å². The number of rotatable bonds is 4. The van der Waals surface area contributed by atoms with Crippen LogP contribution in [-0.2, 0) is 0 Å². The summed E-state index contributed by atoms with van der Waals surface area (Å²) in [5, 5.41) is 17.7. The second kappa shape index (κ2) is 4.47. The van der Waals surface area contributed by atoms with Crippen molar-refractivity contribution in [3.8, 4) is 0 Å². The Kier molecular flexibility index (Phi) is 4.32. The maximum atomic E-state index is 9.13. The van der Waals surface area contributed by atoms with Gasteiger partial charge in [0.15, 0.2) is 0 Å². The summed E-state index contributed by atoms with van der Waals surface area (Å²) < 4.78 is 0. The number of hydrogen-bond donors (Lipinski definition) is 2. The lowest BCUT2D eigenvalue weighted by Crippen LogP contribution is -2.25. The van der Waals surface area contributed by atoms with Crippen molar-refractivity contribution in [2.45, 2.75) is 20.0 Å². The molecule has 0 rings (SSSR count). The average molecular weight is 144 g/mol. The summed E-state index contributed by atoms with van der Waals surface area (Å²) in [6.45, 7) is 7.30. The first-order chi connectivity index (χ1) is 4.63. The fourth-order valence-electron chi connectivity index (χ4n) is 0.731. The third-order valence-electron chi connectivity index (χ3n) is 2.00. The van der Waals surface area contributed by atoms with Gasteiger partial charge in [0.05, 0.1) is 12.7 Å². The Bertz CT molecular complexity index is 101. The molecule has 0 spiro atoms. The standard InChI is InChI=1S/C8H16O2/c1-4-6(2)7(3)8(10)5-9/h4,6-10H,1,5H2,2-3H3. The molecule has 3 unspecified atom stereocenters. The second-order valence-corrected chi connectivity index (χ2v) is 2.70. The molecule has 0 radical (unpaired) electrons. The van der Waals surface area contributed by atoms with Crippen LogP contribution in [0.4, 0.5) is 0 Å². The molecule has 0 bridgehead atoms. The molecule has 0 amide bonds. The minimum absolute atomic E-state index is 0.0856. The molecule has 0 aliphatic rings. The van der Waals surface area contributed by atoms with E-state index in [0.29, 0.717) is 0 Å². The van der Waals surface area contributed by atoms with Gasteiger partial charge in [-0.1, -0.05) is 19.9 Å². The average Bonchev–Trinajstić information content (AvgIpc) is 2.00. The maximum absolute atomic E-state index is 9.13. The quantitative estimate of drug-likeness (QED) is 0.573. The van der Waals surface area contributed by atoms with E-state index in [-0.39, 0.29) is 18.4 Å². The van der Waals surface area contributed by atoms with Gasteiger partial charge in [-0.3, -0.25) is 0 Å². The molecule has 3 atom stereocenters. The molecule has 10 heavy (non-hydrogen) atoms. The van der Waals surface area contributed by atoms with Gasteiger partial charge in [0.25, 0.3) is 0 Å². The lowest BCUT2D eigenvalue weighted by Gasteiger charge is -2.20. The summed E-state index contributed by atoms with van der Waals surface area (Å²) in [5.74, 6) is 0.338. The Hall–Kier alpha value is -0.340. The molecule has 0 aliphatic carbocycles. The topological polar surface area (TPSA) is 40.5 Å². The van der Waals surface area contributed by atoms with Crippen molar-refractivity contribution in [2.24, 2.45) is 11.8 Å². The van der Waals surface area contributed by atoms with Gasteiger partial charge in [-0.2, -0.15) is 0 Å². The van der Waals surface area contributed by atoms with Gasteiger partial charge in [-0.25, -0.2) is 0 Å². The lowest BCUT2D eigenvalue weighted by molar-refractivity contribution is 0.0411. The Morgan fingerprint density at radius 3 is 2.30 bits per heavy atom. The van der Waals surface area contributed by atoms with Crippen molar-refractivity contribution in [2.75, 3.05) is 6.61 Å². The smallest absolute Gasteiger partial charge is 0.0801 e. The van der Waals surface area contributed by atoms with Gasteiger partial charge in [-0.15, -0.1) is 6.58 Å². The first kappa shape index (κ1) is 9.66. The second-order valence-electron chi connectivity index (χ2n) is 2.70. The predicted octanol–water partition coefficient (Wildman–Crippen LogP) is 0.798. The molecule has 0 heterocycles. The highest BCUT2D eigenvalue weighted by Gasteiger charge is 2.16. The van der Waals surface area contributed by atoms with Crippen LogP contribution in [0.25, 0.3) is 0 Å². The zero-order valence-electron chi connectivity index (χ0n) is 6.62. The van der Waals surface area contributed by atoms with E-state index in [9.17, 15) is 0 Å². The van der Waals surface area contributed by atoms with Crippen molar-refractivity contribution in [1.29, 1.82) is 0 Å². The van der Waals surface area contributed by atoms with Gasteiger partial charge >= 0.3 is 0 Å². The van der Waals surface area contributed by atoms with Crippen molar-refractivity contribution in [3.05, 3.63) is 12.7 Å². The van der Waals surface area contributed by atoms with Crippen LogP contribution in [0.15, 0.2) is 12.7 Å². The summed E-state index contributed by atoms with van der Waals surface area (Å²) in [5.41, 5.74) is 0. The maximum Gasteiger partial charge on any atom is 0.0801 e. The molecular formula is C8H16O2. The number of hydrogen-bond acceptors (Lipinski definition) is 2. The molecule has 0 aromatic carbocycles. The van der Waals surface area contributed by atoms with Crippen LogP contribution < -0.4 is 0 Å². The van der Waals surface area contributed by atoms with Crippen LogP contribution >= 0.6 is 0 Å². The Morgan fingerprint density at radius 2 is 2.00 bits per heavy atom. The van der Waals surface area contributed by atoms with E-state index in [4.69, 9.17) is 10.2 Å². The minimum Gasteiger partial charge on any atom is -0.394 e. The van der Waals surface area contributed by atoms with Crippen LogP contribution in [0.2, 0.25) is 0 Å². The van der Waals surface area contributed by atoms with Gasteiger partial charge in [0, 0.05) is 0 Å². The molecule has 60 valence electrons. The van der Waals surface area contributed by atoms with Gasteiger partial charge in [0.2, 0.25) is 0 Å². The molecule has 0 aromatic heterocycles. The molecular weight excluding hydrogens is 128 g/mol. The highest BCUT2D eigenvalue weighted by molar-refractivity contribution is 4.82. The molecule has 0 fully saturated rings. The van der Waals surface area contributed by atoms with Gasteiger partial charge < -0.3 is 10.2 Å². The predicted molar refractivity (Wildman–Crippen MR) is 41.6 cm³/mol. The van der Waals surface area contributed by atoms with Crippen molar-refractivity contribution < 1.29 is 10.2 Å². The molecule has 0 saturated carbocycles. The zero-order valence-corrected chi connectivity index (χ0v) is 6.62. The molecule has 0 aromatic rings. The van der Waals surface area contributed by atoms with Crippen molar-refractivity contribution in [3.63, 3.8) is 0 Å². The van der Waals surface area contributed by atoms with Crippen LogP contribution in [0.1, 0.15) is 13.8 Å². The van der Waals surface area contributed by atoms with Crippen molar-refractivity contribution >= 4 is 0 Å². The van der Waals surface area contributed by atoms with E-state index in [2.05, 4.69) is 6.58 Å². The van der Waals surface area contributed by atoms with Crippen LogP contribution in [0.5, 0.6) is 0 Å². The highest BCUT2D eigenvalue weighted by atomic mass is 16.3. The highest BCUT2D eigenvalue weighted by Crippen LogP contribution is 2.15. The largest absolute Gasteiger partial charge is 0.394 e. The Morgan fingerprint density at radius 1 is 1.50 bits per heavy atom. The molecule has 0 aliphatic heterocycles. The monoisotopic (exact) mass is 144 g/mol. The molecule has 0 saturated heterocycles. The normalized spacial score (nSPS) is 19.6. The zero-order chi connectivity index (χ0) is 8.15. The summed E-state index contributed by atoms with van der Waals surface area (Å²) in [6.07, 6.45) is 1.16. The van der Waals surface area contributed by atoms with Crippen LogP contribution in [-0.4, -0.2) is 22.9 Å². The Balaban J connectivity index is 3.80. The fourth-order valence-corrected chi connectivity index (χ4v) is 0.731. The fraction of sp³-hybridized carbons (Fsp3) is 0.750. The summed E-state index contributed by atoms with van der Waals surface area (Å²) in [6, 6.07) is 0. The van der Waals surface area contributed by atoms with E-state index in [0.717, 1.165) is 0 Å². The number of allylic oxidation sites excluding steroid dienone is 1. The lowest BCUT2D eigenvalue weighted by atomic mass is 9.91. The minimum atomic E-state index is -0.618. The summed E-state index contributed by atoms with van der Waals surface area (Å²) in [7, 11) is 0. The summed E-state index contributed by atoms with van der Waals surface area (Å²) >= 11 is 0. The van der Waals surface area contributed by atoms with E-state index in [1.54, 1.807) is 6.08 Å². The molecule has 2 N–H and O–H groups in total. The van der Waals surface area contributed by atoms with E-state index < -0.39 is 6.10 Å². The molecule has 2 nitrogen and oxygen atoms in total. The van der Waals surface area contributed by atoms with E-state index in [1.165, 1.54) is 0 Å². The third-order valence-corrected chi connectivity index (χ3v) is 2.00. The SMILES string of the molecule is C=CC(C)C(C)C(O)CO. The van der Waals surface area contributed by atoms with Crippen molar-refractivity contribution in [1.82, 2.24) is 0 Å². The Labute approximate surface area is 62.2 Å². The third kappa shape index (κ3) is 2.50. The van der Waals surface area contributed by atoms with Gasteiger partial charge in [-0.05, 0) is 11.8 Å². The number of aliphatic hydroxyl groups is 2. The first-order valence-electron chi connectivity index (χ1n) is 3.55. The van der Waals surface area contributed by atoms with Crippen LogP contribution in [0, 0.1) is 11.8 Å². The summed E-state index contributed by atoms with van der Waals surface area (Å²) in [4.78, 5) is 0. The van der Waals surface area contributed by atoms with E-state index >= 15 is 0 Å².